The highest BCUT2D eigenvalue weighted by Crippen LogP contribution is 2.64. The lowest BCUT2D eigenvalue weighted by molar-refractivity contribution is -0.153. The summed E-state index contributed by atoms with van der Waals surface area (Å²) < 4.78 is 5.92. The number of Topliss-reactive ketones (excluding diaryl/α,β-unsaturated/α-hetero) is 1. The number of carbonyl (C=O) groups excluding carboxylic acids is 2. The fraction of sp³-hybridized carbons (Fsp3) is 0.667. The summed E-state index contributed by atoms with van der Waals surface area (Å²) in [5.41, 5.74) is 1.33. The van der Waals surface area contributed by atoms with Crippen molar-refractivity contribution in [2.24, 2.45) is 16.7 Å². The van der Waals surface area contributed by atoms with E-state index in [0.717, 1.165) is 31.3 Å². The summed E-state index contributed by atoms with van der Waals surface area (Å²) in [5, 5.41) is 0. The number of ether oxygens (including phenoxy) is 1. The highest BCUT2D eigenvalue weighted by atomic mass is 16.6. The lowest BCUT2D eigenvalue weighted by atomic mass is 9.51. The number of hydrogen-bond acceptors (Lipinski definition) is 3. The van der Waals surface area contributed by atoms with E-state index in [-0.39, 0.29) is 22.6 Å². The van der Waals surface area contributed by atoms with Gasteiger partial charge in [0.1, 0.15) is 5.60 Å². The predicted octanol–water partition coefficient (Wildman–Crippen LogP) is 3.34. The first kappa shape index (κ1) is 13.3. The Morgan fingerprint density at radius 2 is 2.00 bits per heavy atom. The van der Waals surface area contributed by atoms with Crippen LogP contribution in [0.3, 0.4) is 0 Å². The molecule has 4 rings (SSSR count). The molecule has 3 aliphatic carbocycles. The van der Waals surface area contributed by atoms with Gasteiger partial charge in [-0.2, -0.15) is 0 Å². The van der Waals surface area contributed by atoms with Gasteiger partial charge < -0.3 is 4.74 Å². The molecule has 1 aliphatic heterocycles. The van der Waals surface area contributed by atoms with Gasteiger partial charge in [0.25, 0.3) is 0 Å². The molecule has 2 fully saturated rings. The second kappa shape index (κ2) is 3.68. The van der Waals surface area contributed by atoms with Crippen molar-refractivity contribution in [1.82, 2.24) is 0 Å². The van der Waals surface area contributed by atoms with Crippen LogP contribution in [0.15, 0.2) is 23.3 Å². The van der Waals surface area contributed by atoms with Gasteiger partial charge in [0.05, 0.1) is 5.41 Å². The van der Waals surface area contributed by atoms with Gasteiger partial charge >= 0.3 is 5.97 Å². The van der Waals surface area contributed by atoms with Crippen molar-refractivity contribution >= 4 is 11.8 Å². The van der Waals surface area contributed by atoms with Crippen molar-refractivity contribution in [3.05, 3.63) is 23.3 Å². The van der Waals surface area contributed by atoms with Crippen molar-refractivity contribution < 1.29 is 14.3 Å². The molecule has 0 N–H and O–H groups in total. The minimum atomic E-state index is -0.428. The molecular formula is C18H22O3. The average Bonchev–Trinajstić information content (AvgIpc) is 2.60. The van der Waals surface area contributed by atoms with Crippen LogP contribution in [0.2, 0.25) is 0 Å². The number of allylic oxidation sites excluding steroid dienone is 3. The van der Waals surface area contributed by atoms with Crippen molar-refractivity contribution in [1.29, 1.82) is 0 Å². The highest BCUT2D eigenvalue weighted by molar-refractivity contribution is 5.97. The molecule has 112 valence electrons. The van der Waals surface area contributed by atoms with Crippen molar-refractivity contribution in [2.45, 2.75) is 58.5 Å². The van der Waals surface area contributed by atoms with E-state index in [0.29, 0.717) is 12.3 Å². The number of carbonyl (C=O) groups is 2. The molecular weight excluding hydrogens is 264 g/mol. The zero-order valence-corrected chi connectivity index (χ0v) is 13.0. The van der Waals surface area contributed by atoms with Crippen LogP contribution in [0.1, 0.15) is 52.9 Å². The summed E-state index contributed by atoms with van der Waals surface area (Å²) in [6.07, 6.45) is 8.37. The van der Waals surface area contributed by atoms with E-state index in [4.69, 9.17) is 4.74 Å². The summed E-state index contributed by atoms with van der Waals surface area (Å²) in [4.78, 5) is 24.3. The third kappa shape index (κ3) is 1.45. The number of fused-ring (bicyclic) bond motifs is 3. The Kier molecular flexibility index (Phi) is 2.33. The first-order chi connectivity index (χ1) is 9.81. The van der Waals surface area contributed by atoms with Gasteiger partial charge in [0, 0.05) is 24.2 Å². The second-order valence-electron chi connectivity index (χ2n) is 7.89. The summed E-state index contributed by atoms with van der Waals surface area (Å²) in [7, 11) is 0. The molecule has 3 heteroatoms. The molecule has 1 saturated carbocycles. The number of hydrogen-bond donors (Lipinski definition) is 0. The van der Waals surface area contributed by atoms with Crippen molar-refractivity contribution in [3.63, 3.8) is 0 Å². The third-order valence-electron chi connectivity index (χ3n) is 6.63. The Bertz CT molecular complexity index is 628. The molecule has 0 radical (unpaired) electrons. The molecule has 1 spiro atoms. The van der Waals surface area contributed by atoms with E-state index < -0.39 is 5.60 Å². The Morgan fingerprint density at radius 3 is 2.76 bits per heavy atom. The largest absolute Gasteiger partial charge is 0.454 e. The Balaban J connectivity index is 1.89. The Labute approximate surface area is 125 Å². The van der Waals surface area contributed by atoms with E-state index in [1.54, 1.807) is 0 Å². The first-order valence-electron chi connectivity index (χ1n) is 7.98. The summed E-state index contributed by atoms with van der Waals surface area (Å²) in [6, 6.07) is 0. The highest BCUT2D eigenvalue weighted by Gasteiger charge is 2.65. The van der Waals surface area contributed by atoms with Crippen molar-refractivity contribution in [2.75, 3.05) is 0 Å². The van der Waals surface area contributed by atoms with E-state index >= 15 is 0 Å². The maximum atomic E-state index is 12.3. The van der Waals surface area contributed by atoms with Crippen LogP contribution in [0.25, 0.3) is 0 Å². The van der Waals surface area contributed by atoms with Gasteiger partial charge in [-0.1, -0.05) is 13.0 Å². The lowest BCUT2D eigenvalue weighted by Gasteiger charge is -2.53. The normalized spacial score (nSPS) is 48.0. The van der Waals surface area contributed by atoms with Crippen LogP contribution in [-0.2, 0) is 14.3 Å². The Hall–Kier alpha value is -1.38. The lowest BCUT2D eigenvalue weighted by Crippen LogP contribution is -2.52. The monoisotopic (exact) mass is 286 g/mol. The van der Waals surface area contributed by atoms with Crippen LogP contribution in [0, 0.1) is 16.7 Å². The quantitative estimate of drug-likeness (QED) is 0.641. The van der Waals surface area contributed by atoms with Gasteiger partial charge in [-0.25, -0.2) is 0 Å². The minimum Gasteiger partial charge on any atom is -0.454 e. The minimum absolute atomic E-state index is 0.0291. The van der Waals surface area contributed by atoms with Crippen LogP contribution in [-0.4, -0.2) is 17.4 Å². The molecule has 1 heterocycles. The zero-order chi connectivity index (χ0) is 15.0. The predicted molar refractivity (Wildman–Crippen MR) is 78.5 cm³/mol. The number of rotatable bonds is 0. The molecule has 4 aliphatic rings. The Morgan fingerprint density at radius 1 is 1.24 bits per heavy atom. The smallest absolute Gasteiger partial charge is 0.312 e. The molecule has 21 heavy (non-hydrogen) atoms. The maximum Gasteiger partial charge on any atom is 0.312 e. The first-order valence-corrected chi connectivity index (χ1v) is 7.98. The number of esters is 1. The van der Waals surface area contributed by atoms with Crippen LogP contribution in [0.5, 0.6) is 0 Å². The molecule has 0 amide bonds. The fourth-order valence-corrected chi connectivity index (χ4v) is 5.35. The molecule has 4 atom stereocenters. The molecule has 3 nitrogen and oxygen atoms in total. The zero-order valence-electron chi connectivity index (χ0n) is 13.0. The number of ketones is 1. The molecule has 0 aromatic heterocycles. The fourth-order valence-electron chi connectivity index (χ4n) is 5.35. The molecule has 0 aromatic carbocycles. The van der Waals surface area contributed by atoms with Crippen LogP contribution < -0.4 is 0 Å². The standard InChI is InChI=1S/C18H22O3/c1-11-12-4-9-18-10-16(2,15(20)21-18)7-6-14(18)17(12,3)8-5-13(11)19/h4,9,14H,5-8,10H2,1-3H3/t14-,16+,17+,18+/m1/s1. The average molecular weight is 286 g/mol. The van der Waals surface area contributed by atoms with Crippen LogP contribution in [0.4, 0.5) is 0 Å². The molecule has 2 bridgehead atoms. The SMILES string of the molecule is CC1=C2C=C[C@]34C[C@](C)(CC[C@@H]3[C@@]2(C)CCC1=O)C(=O)O4. The molecule has 0 unspecified atom stereocenters. The molecule has 0 aromatic rings. The van der Waals surface area contributed by atoms with Crippen molar-refractivity contribution in [3.8, 4) is 0 Å². The van der Waals surface area contributed by atoms with Gasteiger partial charge in [0.15, 0.2) is 5.78 Å². The van der Waals surface area contributed by atoms with E-state index in [2.05, 4.69) is 19.1 Å². The topological polar surface area (TPSA) is 43.4 Å². The van der Waals surface area contributed by atoms with Gasteiger partial charge in [-0.3, -0.25) is 9.59 Å². The summed E-state index contributed by atoms with van der Waals surface area (Å²) in [5.74, 6) is 0.550. The molecule has 1 saturated heterocycles. The van der Waals surface area contributed by atoms with Gasteiger partial charge in [0.2, 0.25) is 0 Å². The summed E-state index contributed by atoms with van der Waals surface area (Å²) >= 11 is 0. The van der Waals surface area contributed by atoms with E-state index in [1.807, 2.05) is 13.8 Å². The van der Waals surface area contributed by atoms with Gasteiger partial charge in [-0.15, -0.1) is 0 Å². The van der Waals surface area contributed by atoms with E-state index in [9.17, 15) is 9.59 Å². The maximum absolute atomic E-state index is 12.3. The van der Waals surface area contributed by atoms with Crippen LogP contribution >= 0.6 is 0 Å². The third-order valence-corrected chi connectivity index (χ3v) is 6.63. The van der Waals surface area contributed by atoms with Gasteiger partial charge in [-0.05, 0) is 50.3 Å². The van der Waals surface area contributed by atoms with E-state index in [1.165, 1.54) is 5.57 Å². The summed E-state index contributed by atoms with van der Waals surface area (Å²) in [6.45, 7) is 6.26. The second-order valence-corrected chi connectivity index (χ2v) is 7.89.